The van der Waals surface area contributed by atoms with Gasteiger partial charge in [-0.2, -0.15) is 0 Å². The maximum atomic E-state index is 11.9. The molecule has 0 bridgehead atoms. The molecule has 4 heteroatoms. The molecule has 124 valence electrons. The maximum absolute atomic E-state index is 11.9. The van der Waals surface area contributed by atoms with Gasteiger partial charge in [-0.3, -0.25) is 4.79 Å². The lowest BCUT2D eigenvalue weighted by Crippen LogP contribution is -2.50. The van der Waals surface area contributed by atoms with Crippen molar-refractivity contribution < 1.29 is 9.53 Å². The van der Waals surface area contributed by atoms with Crippen LogP contribution in [0.3, 0.4) is 0 Å². The van der Waals surface area contributed by atoms with Gasteiger partial charge >= 0.3 is 5.97 Å². The number of piperidine rings is 1. The maximum Gasteiger partial charge on any atom is 0.325 e. The molecule has 0 aromatic carbocycles. The minimum atomic E-state index is -0.535. The zero-order chi connectivity index (χ0) is 15.9. The number of nitrogens with zero attached hydrogens (tertiary/aromatic N) is 1. The number of likely N-dealkylation sites (tertiary alicyclic amines) is 1. The van der Waals surface area contributed by atoms with Crippen molar-refractivity contribution in [3.05, 3.63) is 0 Å². The molecule has 1 aliphatic heterocycles. The number of ether oxygens (including phenoxy) is 1. The molecule has 4 nitrogen and oxygen atoms in total. The Hall–Kier alpha value is -0.610. The third-order valence-electron chi connectivity index (χ3n) is 5.02. The highest BCUT2D eigenvalue weighted by molar-refractivity contribution is 5.80. The summed E-state index contributed by atoms with van der Waals surface area (Å²) >= 11 is 0. The molecule has 0 spiro atoms. The molecule has 1 N–H and O–H groups in total. The molecular formula is C17H34N2O2. The minimum Gasteiger partial charge on any atom is -0.468 e. The van der Waals surface area contributed by atoms with E-state index < -0.39 is 5.54 Å². The van der Waals surface area contributed by atoms with Crippen LogP contribution in [0.25, 0.3) is 0 Å². The topological polar surface area (TPSA) is 41.6 Å². The van der Waals surface area contributed by atoms with Gasteiger partial charge in [-0.15, -0.1) is 0 Å². The number of likely N-dealkylation sites (N-methyl/N-ethyl adjacent to an activating group) is 1. The summed E-state index contributed by atoms with van der Waals surface area (Å²) in [6.07, 6.45) is 4.36. The Morgan fingerprint density at radius 1 is 1.33 bits per heavy atom. The van der Waals surface area contributed by atoms with Crippen molar-refractivity contribution >= 4 is 5.97 Å². The van der Waals surface area contributed by atoms with Crippen LogP contribution in [-0.2, 0) is 9.53 Å². The normalized spacial score (nSPS) is 26.3. The highest BCUT2D eigenvalue weighted by Crippen LogP contribution is 2.23. The van der Waals surface area contributed by atoms with Gasteiger partial charge in [0.25, 0.3) is 0 Å². The number of carbonyl (C=O) groups excluding carboxylic acids is 1. The van der Waals surface area contributed by atoms with E-state index in [1.807, 2.05) is 13.8 Å². The third-order valence-corrected chi connectivity index (χ3v) is 5.02. The molecule has 0 radical (unpaired) electrons. The first-order valence-corrected chi connectivity index (χ1v) is 8.48. The van der Waals surface area contributed by atoms with E-state index in [1.165, 1.54) is 26.6 Å². The Kier molecular flexibility index (Phi) is 7.67. The van der Waals surface area contributed by atoms with E-state index in [9.17, 15) is 4.79 Å². The molecule has 3 atom stereocenters. The van der Waals surface area contributed by atoms with Crippen LogP contribution in [0.1, 0.15) is 53.4 Å². The summed E-state index contributed by atoms with van der Waals surface area (Å²) in [7, 11) is 1.47. The SMILES string of the molecule is CCNC(C)(CCCCN1CCC(C)C(C)C1)C(=O)OC. The van der Waals surface area contributed by atoms with Crippen LogP contribution in [0.2, 0.25) is 0 Å². The fraction of sp³-hybridized carbons (Fsp3) is 0.941. The highest BCUT2D eigenvalue weighted by Gasteiger charge is 2.32. The Balaban J connectivity index is 2.30. The van der Waals surface area contributed by atoms with Gasteiger partial charge in [0.15, 0.2) is 0 Å². The highest BCUT2D eigenvalue weighted by atomic mass is 16.5. The van der Waals surface area contributed by atoms with Gasteiger partial charge in [-0.1, -0.05) is 20.8 Å². The first-order chi connectivity index (χ1) is 9.92. The summed E-state index contributed by atoms with van der Waals surface area (Å²) in [5.74, 6) is 1.52. The second-order valence-corrected chi connectivity index (χ2v) is 6.85. The van der Waals surface area contributed by atoms with E-state index in [4.69, 9.17) is 4.74 Å². The summed E-state index contributed by atoms with van der Waals surface area (Å²) in [6, 6.07) is 0. The number of rotatable bonds is 8. The number of hydrogen-bond acceptors (Lipinski definition) is 4. The Morgan fingerprint density at radius 3 is 2.62 bits per heavy atom. The second kappa shape index (κ2) is 8.74. The van der Waals surface area contributed by atoms with Gasteiger partial charge in [-0.25, -0.2) is 0 Å². The lowest BCUT2D eigenvalue weighted by Gasteiger charge is -2.35. The summed E-state index contributed by atoms with van der Waals surface area (Å²) < 4.78 is 4.93. The molecule has 1 rings (SSSR count). The summed E-state index contributed by atoms with van der Waals surface area (Å²) in [4.78, 5) is 14.5. The monoisotopic (exact) mass is 298 g/mol. The van der Waals surface area contributed by atoms with Crippen LogP contribution in [0.5, 0.6) is 0 Å². The van der Waals surface area contributed by atoms with Crippen LogP contribution in [0, 0.1) is 11.8 Å². The lowest BCUT2D eigenvalue weighted by atomic mass is 9.88. The van der Waals surface area contributed by atoms with E-state index in [0.717, 1.165) is 44.2 Å². The summed E-state index contributed by atoms with van der Waals surface area (Å²) in [5, 5.41) is 3.27. The molecule has 1 heterocycles. The number of methoxy groups -OCH3 is 1. The molecular weight excluding hydrogens is 264 g/mol. The van der Waals surface area contributed by atoms with Crippen molar-refractivity contribution in [1.29, 1.82) is 0 Å². The number of unbranched alkanes of at least 4 members (excludes halogenated alkanes) is 1. The van der Waals surface area contributed by atoms with Crippen LogP contribution in [0.15, 0.2) is 0 Å². The Morgan fingerprint density at radius 2 is 2.05 bits per heavy atom. The predicted octanol–water partition coefficient (Wildman–Crippen LogP) is 2.68. The quantitative estimate of drug-likeness (QED) is 0.552. The van der Waals surface area contributed by atoms with Crippen molar-refractivity contribution in [3.8, 4) is 0 Å². The Bertz CT molecular complexity index is 322. The molecule has 0 saturated carbocycles. The Labute approximate surface area is 130 Å². The van der Waals surface area contributed by atoms with Gasteiger partial charge in [0, 0.05) is 6.54 Å². The molecule has 0 amide bonds. The van der Waals surface area contributed by atoms with Crippen molar-refractivity contribution in [2.45, 2.75) is 58.9 Å². The first-order valence-electron chi connectivity index (χ1n) is 8.48. The molecule has 3 unspecified atom stereocenters. The van der Waals surface area contributed by atoms with Crippen LogP contribution >= 0.6 is 0 Å². The fourth-order valence-corrected chi connectivity index (χ4v) is 3.24. The fourth-order valence-electron chi connectivity index (χ4n) is 3.24. The van der Waals surface area contributed by atoms with Crippen LogP contribution < -0.4 is 5.32 Å². The molecule has 1 fully saturated rings. The zero-order valence-corrected chi connectivity index (χ0v) is 14.6. The van der Waals surface area contributed by atoms with Gasteiger partial charge in [0.1, 0.15) is 5.54 Å². The molecule has 0 aromatic rings. The van der Waals surface area contributed by atoms with E-state index in [2.05, 4.69) is 24.1 Å². The smallest absolute Gasteiger partial charge is 0.325 e. The predicted molar refractivity (Wildman–Crippen MR) is 87.3 cm³/mol. The van der Waals surface area contributed by atoms with E-state index in [-0.39, 0.29) is 5.97 Å². The molecule has 21 heavy (non-hydrogen) atoms. The largest absolute Gasteiger partial charge is 0.468 e. The first kappa shape index (κ1) is 18.4. The van der Waals surface area contributed by atoms with Gasteiger partial charge in [-0.05, 0) is 64.1 Å². The lowest BCUT2D eigenvalue weighted by molar-refractivity contribution is -0.148. The third kappa shape index (κ3) is 5.59. The van der Waals surface area contributed by atoms with Crippen molar-refractivity contribution in [3.63, 3.8) is 0 Å². The van der Waals surface area contributed by atoms with E-state index in [1.54, 1.807) is 0 Å². The molecule has 1 saturated heterocycles. The summed E-state index contributed by atoms with van der Waals surface area (Å²) in [6.45, 7) is 13.1. The van der Waals surface area contributed by atoms with Crippen LogP contribution in [0.4, 0.5) is 0 Å². The molecule has 1 aliphatic rings. The number of nitrogens with one attached hydrogen (secondary N) is 1. The zero-order valence-electron chi connectivity index (χ0n) is 14.6. The second-order valence-electron chi connectivity index (χ2n) is 6.85. The molecule has 0 aliphatic carbocycles. The van der Waals surface area contributed by atoms with E-state index >= 15 is 0 Å². The van der Waals surface area contributed by atoms with E-state index in [0.29, 0.717) is 0 Å². The summed E-state index contributed by atoms with van der Waals surface area (Å²) in [5.41, 5.74) is -0.535. The number of esters is 1. The van der Waals surface area contributed by atoms with Crippen molar-refractivity contribution in [2.75, 3.05) is 33.3 Å². The van der Waals surface area contributed by atoms with Crippen molar-refractivity contribution in [1.82, 2.24) is 10.2 Å². The van der Waals surface area contributed by atoms with Crippen LogP contribution in [-0.4, -0.2) is 49.7 Å². The van der Waals surface area contributed by atoms with Gasteiger partial charge < -0.3 is 15.0 Å². The van der Waals surface area contributed by atoms with Crippen molar-refractivity contribution in [2.24, 2.45) is 11.8 Å². The average Bonchev–Trinajstić information content (AvgIpc) is 2.46. The number of carbonyl (C=O) groups is 1. The minimum absolute atomic E-state index is 0.148. The number of hydrogen-bond donors (Lipinski definition) is 1. The van der Waals surface area contributed by atoms with Gasteiger partial charge in [0.05, 0.1) is 7.11 Å². The van der Waals surface area contributed by atoms with Gasteiger partial charge in [0.2, 0.25) is 0 Å². The standard InChI is InChI=1S/C17H34N2O2/c1-6-18-17(4,16(20)21-5)10-7-8-11-19-12-9-14(2)15(3)13-19/h14-15,18H,6-13H2,1-5H3. The molecule has 0 aromatic heterocycles. The average molecular weight is 298 g/mol.